The summed E-state index contributed by atoms with van der Waals surface area (Å²) in [5.41, 5.74) is -0.667. The van der Waals surface area contributed by atoms with Crippen LogP contribution in [0.25, 0.3) is 0 Å². The van der Waals surface area contributed by atoms with Crippen molar-refractivity contribution in [3.05, 3.63) is 0 Å². The SMILES string of the molecule is COC12NCN(C1=O)C2C.O=S([O-])O. The average Bonchev–Trinajstić information content (AvgIpc) is 2.60. The van der Waals surface area contributed by atoms with Gasteiger partial charge in [-0.05, 0) is 6.92 Å². The van der Waals surface area contributed by atoms with Crippen LogP contribution in [0, 0.1) is 0 Å². The molecule has 3 heterocycles. The molecule has 2 bridgehead atoms. The highest BCUT2D eigenvalue weighted by Gasteiger charge is 2.64. The first kappa shape index (κ1) is 11.5. The Kier molecular flexibility index (Phi) is 3.22. The van der Waals surface area contributed by atoms with Crippen LogP contribution in [-0.2, 0) is 20.9 Å². The third-order valence-corrected chi connectivity index (χ3v) is 2.47. The molecule has 3 atom stereocenters. The zero-order chi connectivity index (χ0) is 10.9. The van der Waals surface area contributed by atoms with Crippen molar-refractivity contribution in [2.45, 2.75) is 18.7 Å². The van der Waals surface area contributed by atoms with Gasteiger partial charge >= 0.3 is 0 Å². The summed E-state index contributed by atoms with van der Waals surface area (Å²) in [6, 6.07) is 0.199. The Labute approximate surface area is 83.5 Å². The molecule has 3 aliphatic rings. The average molecular weight is 223 g/mol. The fourth-order valence-electron chi connectivity index (χ4n) is 1.69. The Hall–Kier alpha value is -0.540. The van der Waals surface area contributed by atoms with E-state index in [0.717, 1.165) is 0 Å². The van der Waals surface area contributed by atoms with E-state index < -0.39 is 17.1 Å². The van der Waals surface area contributed by atoms with Gasteiger partial charge in [0.15, 0.2) is 0 Å². The zero-order valence-corrected chi connectivity index (χ0v) is 8.54. The molecule has 8 heteroatoms. The first-order valence-corrected chi connectivity index (χ1v) is 4.88. The van der Waals surface area contributed by atoms with E-state index in [1.807, 2.05) is 6.92 Å². The van der Waals surface area contributed by atoms with Gasteiger partial charge in [-0.2, -0.15) is 0 Å². The van der Waals surface area contributed by atoms with E-state index in [2.05, 4.69) is 5.32 Å². The highest BCUT2D eigenvalue weighted by atomic mass is 32.2. The Morgan fingerprint density at radius 3 is 2.50 bits per heavy atom. The smallest absolute Gasteiger partial charge is 0.273 e. The van der Waals surface area contributed by atoms with Gasteiger partial charge in [0.2, 0.25) is 5.72 Å². The molecule has 0 radical (unpaired) electrons. The molecule has 0 aromatic rings. The van der Waals surface area contributed by atoms with Crippen molar-refractivity contribution in [2.75, 3.05) is 13.8 Å². The second-order valence-corrected chi connectivity index (χ2v) is 3.38. The van der Waals surface area contributed by atoms with Gasteiger partial charge in [0, 0.05) is 7.11 Å². The lowest BCUT2D eigenvalue weighted by atomic mass is 9.96. The lowest BCUT2D eigenvalue weighted by Gasteiger charge is -2.42. The fourth-order valence-corrected chi connectivity index (χ4v) is 1.69. The van der Waals surface area contributed by atoms with Gasteiger partial charge in [0.05, 0.1) is 24.1 Å². The standard InChI is InChI=1S/C6H10N2O2.H2O3S/c1-4-6(10-2)5(9)8(4)3-7-6;1-4(2)3/h4,7H,3H2,1-2H3;(H2,1,2,3)/p-1. The van der Waals surface area contributed by atoms with Crippen molar-refractivity contribution in [3.63, 3.8) is 0 Å². The predicted molar refractivity (Wildman–Crippen MR) is 45.6 cm³/mol. The molecule has 14 heavy (non-hydrogen) atoms. The van der Waals surface area contributed by atoms with Crippen LogP contribution in [0.2, 0.25) is 0 Å². The predicted octanol–water partition coefficient (Wildman–Crippen LogP) is -1.54. The maximum Gasteiger partial charge on any atom is 0.273 e. The first-order chi connectivity index (χ1) is 6.45. The highest BCUT2D eigenvalue weighted by molar-refractivity contribution is 7.73. The summed E-state index contributed by atoms with van der Waals surface area (Å²) < 4.78 is 29.2. The summed E-state index contributed by atoms with van der Waals surface area (Å²) in [5.74, 6) is 0.0718. The second kappa shape index (κ2) is 3.91. The van der Waals surface area contributed by atoms with Crippen LogP contribution in [0.3, 0.4) is 0 Å². The summed E-state index contributed by atoms with van der Waals surface area (Å²) in [4.78, 5) is 12.9. The molecule has 0 aromatic carbocycles. The van der Waals surface area contributed by atoms with Crippen LogP contribution in [0.4, 0.5) is 0 Å². The molecular formula is C6H11N2O5S-. The van der Waals surface area contributed by atoms with Crippen LogP contribution in [0.15, 0.2) is 0 Å². The van der Waals surface area contributed by atoms with Crippen LogP contribution >= 0.6 is 0 Å². The quantitative estimate of drug-likeness (QED) is 0.412. The van der Waals surface area contributed by atoms with E-state index in [4.69, 9.17) is 18.1 Å². The lowest BCUT2D eigenvalue weighted by molar-refractivity contribution is -0.178. The molecule has 3 aliphatic heterocycles. The van der Waals surface area contributed by atoms with Gasteiger partial charge in [-0.1, -0.05) is 0 Å². The number of nitrogens with zero attached hydrogens (tertiary/aromatic N) is 1. The summed E-state index contributed by atoms with van der Waals surface area (Å²) in [7, 11) is 1.56. The largest absolute Gasteiger partial charge is 0.750 e. The molecule has 3 saturated heterocycles. The number of ether oxygens (including phenoxy) is 1. The molecule has 0 spiro atoms. The molecular weight excluding hydrogens is 212 g/mol. The normalized spacial score (nSPS) is 35.9. The number of rotatable bonds is 1. The molecule has 3 unspecified atom stereocenters. The van der Waals surface area contributed by atoms with E-state index in [1.54, 1.807) is 12.0 Å². The summed E-state index contributed by atoms with van der Waals surface area (Å²) in [6.07, 6.45) is 0. The molecule has 3 fully saturated rings. The minimum absolute atomic E-state index is 0.0718. The molecule has 1 amide bonds. The van der Waals surface area contributed by atoms with Crippen molar-refractivity contribution in [1.82, 2.24) is 10.2 Å². The number of carbonyl (C=O) groups is 1. The van der Waals surface area contributed by atoms with Gasteiger partial charge in [0.25, 0.3) is 5.91 Å². The molecule has 7 nitrogen and oxygen atoms in total. The number of hydrogen-bond donors (Lipinski definition) is 2. The van der Waals surface area contributed by atoms with Gasteiger partial charge < -0.3 is 18.7 Å². The summed E-state index contributed by atoms with van der Waals surface area (Å²) >= 11 is -2.86. The van der Waals surface area contributed by atoms with Crippen molar-refractivity contribution in [2.24, 2.45) is 0 Å². The Morgan fingerprint density at radius 2 is 2.36 bits per heavy atom. The number of methoxy groups -OCH3 is 1. The number of carbonyl (C=O) groups excluding carboxylic acids is 1. The van der Waals surface area contributed by atoms with Crippen LogP contribution < -0.4 is 5.32 Å². The Balaban J connectivity index is 0.000000213. The van der Waals surface area contributed by atoms with Gasteiger partial charge in [-0.15, -0.1) is 0 Å². The summed E-state index contributed by atoms with van der Waals surface area (Å²) in [6.45, 7) is 2.61. The maximum absolute atomic E-state index is 11.1. The minimum atomic E-state index is -2.86. The van der Waals surface area contributed by atoms with Crippen LogP contribution in [0.1, 0.15) is 6.92 Å². The van der Waals surface area contributed by atoms with E-state index in [1.165, 1.54) is 0 Å². The second-order valence-electron chi connectivity index (χ2n) is 2.94. The van der Waals surface area contributed by atoms with Crippen LogP contribution in [0.5, 0.6) is 0 Å². The van der Waals surface area contributed by atoms with E-state index in [-0.39, 0.29) is 11.9 Å². The van der Waals surface area contributed by atoms with Crippen LogP contribution in [-0.4, -0.2) is 49.7 Å². The number of β-lactam (4-membered cyclic amide) rings is 1. The maximum atomic E-state index is 11.1. The molecule has 82 valence electrons. The molecule has 0 aliphatic carbocycles. The Bertz CT molecular complexity index is 269. The molecule has 0 aromatic heterocycles. The third-order valence-electron chi connectivity index (χ3n) is 2.47. The molecule has 0 saturated carbocycles. The highest BCUT2D eigenvalue weighted by Crippen LogP contribution is 2.36. The van der Waals surface area contributed by atoms with Crippen molar-refractivity contribution >= 4 is 17.3 Å². The fraction of sp³-hybridized carbons (Fsp3) is 0.833. The van der Waals surface area contributed by atoms with Gasteiger partial charge in [-0.25, -0.2) is 4.21 Å². The summed E-state index contributed by atoms with van der Waals surface area (Å²) in [5, 5.41) is 3.01. The minimum Gasteiger partial charge on any atom is -0.750 e. The first-order valence-electron chi connectivity index (χ1n) is 3.85. The third kappa shape index (κ3) is 1.55. The molecule has 3 rings (SSSR count). The number of fused-ring (bicyclic) bond motifs is 1. The van der Waals surface area contributed by atoms with E-state index >= 15 is 0 Å². The number of amides is 1. The number of nitrogens with one attached hydrogen (secondary N) is 1. The number of hydrogen-bond acceptors (Lipinski definition) is 5. The van der Waals surface area contributed by atoms with Crippen molar-refractivity contribution in [1.29, 1.82) is 0 Å². The molecule has 2 N–H and O–H groups in total. The monoisotopic (exact) mass is 223 g/mol. The van der Waals surface area contributed by atoms with Gasteiger partial charge in [-0.3, -0.25) is 10.1 Å². The van der Waals surface area contributed by atoms with E-state index in [0.29, 0.717) is 6.67 Å². The van der Waals surface area contributed by atoms with Gasteiger partial charge in [0.1, 0.15) is 0 Å². The Morgan fingerprint density at radius 1 is 1.86 bits per heavy atom. The van der Waals surface area contributed by atoms with Crippen molar-refractivity contribution < 1.29 is 22.8 Å². The lowest BCUT2D eigenvalue weighted by Crippen LogP contribution is -2.69. The van der Waals surface area contributed by atoms with Crippen molar-refractivity contribution in [3.8, 4) is 0 Å². The van der Waals surface area contributed by atoms with E-state index in [9.17, 15) is 4.79 Å². The topological polar surface area (TPSA) is 102 Å². The zero-order valence-electron chi connectivity index (χ0n) is 7.72.